The SMILES string of the molecule is O=C(NCc1ccnc(N2CCCC2)c1)c1ccc(-c2ccco2)[nH]c1=O. The average molecular weight is 364 g/mol. The van der Waals surface area contributed by atoms with E-state index in [0.717, 1.165) is 24.5 Å². The number of hydrogen-bond donors (Lipinski definition) is 2. The molecule has 0 atom stereocenters. The van der Waals surface area contributed by atoms with Crippen molar-refractivity contribution in [1.29, 1.82) is 0 Å². The second kappa shape index (κ2) is 7.49. The Morgan fingerprint density at radius 3 is 2.81 bits per heavy atom. The van der Waals surface area contributed by atoms with Crippen LogP contribution in [0.1, 0.15) is 28.8 Å². The molecule has 1 saturated heterocycles. The van der Waals surface area contributed by atoms with Gasteiger partial charge in [0.1, 0.15) is 17.1 Å². The zero-order valence-corrected chi connectivity index (χ0v) is 14.8. The van der Waals surface area contributed by atoms with Crippen molar-refractivity contribution in [3.63, 3.8) is 0 Å². The highest BCUT2D eigenvalue weighted by atomic mass is 16.3. The van der Waals surface area contributed by atoms with Gasteiger partial charge in [-0.3, -0.25) is 9.59 Å². The number of rotatable bonds is 5. The first-order valence-electron chi connectivity index (χ1n) is 8.96. The van der Waals surface area contributed by atoms with Crippen molar-refractivity contribution in [2.24, 2.45) is 0 Å². The van der Waals surface area contributed by atoms with Gasteiger partial charge in [0.15, 0.2) is 0 Å². The molecule has 3 aromatic heterocycles. The smallest absolute Gasteiger partial charge is 0.261 e. The fraction of sp³-hybridized carbons (Fsp3) is 0.250. The van der Waals surface area contributed by atoms with E-state index in [1.807, 2.05) is 12.1 Å². The normalized spacial score (nSPS) is 13.7. The van der Waals surface area contributed by atoms with E-state index in [1.165, 1.54) is 25.2 Å². The van der Waals surface area contributed by atoms with Gasteiger partial charge in [0.2, 0.25) is 0 Å². The van der Waals surface area contributed by atoms with Gasteiger partial charge in [-0.1, -0.05) is 0 Å². The first-order valence-corrected chi connectivity index (χ1v) is 8.96. The summed E-state index contributed by atoms with van der Waals surface area (Å²) in [5, 5.41) is 2.80. The van der Waals surface area contributed by atoms with Crippen LogP contribution in [0.2, 0.25) is 0 Å². The number of carbonyl (C=O) groups is 1. The van der Waals surface area contributed by atoms with E-state index in [0.29, 0.717) is 18.0 Å². The minimum atomic E-state index is -0.450. The Labute approximate surface area is 156 Å². The van der Waals surface area contributed by atoms with Gasteiger partial charge in [0.25, 0.3) is 11.5 Å². The van der Waals surface area contributed by atoms with E-state index in [-0.39, 0.29) is 5.56 Å². The topological polar surface area (TPSA) is 91.2 Å². The lowest BCUT2D eigenvalue weighted by Gasteiger charge is -2.17. The summed E-state index contributed by atoms with van der Waals surface area (Å²) < 4.78 is 5.25. The lowest BCUT2D eigenvalue weighted by Crippen LogP contribution is -2.29. The van der Waals surface area contributed by atoms with Crippen LogP contribution >= 0.6 is 0 Å². The number of hydrogen-bond acceptors (Lipinski definition) is 5. The summed E-state index contributed by atoms with van der Waals surface area (Å²) >= 11 is 0. The van der Waals surface area contributed by atoms with E-state index in [4.69, 9.17) is 4.42 Å². The Kier molecular flexibility index (Phi) is 4.74. The maximum atomic E-state index is 12.4. The zero-order valence-electron chi connectivity index (χ0n) is 14.8. The number of furan rings is 1. The Bertz CT molecular complexity index is 988. The molecule has 7 heteroatoms. The second-order valence-electron chi connectivity index (χ2n) is 6.49. The third kappa shape index (κ3) is 3.76. The minimum Gasteiger partial charge on any atom is -0.463 e. The molecule has 1 aliphatic heterocycles. The van der Waals surface area contributed by atoms with Crippen molar-refractivity contribution in [1.82, 2.24) is 15.3 Å². The van der Waals surface area contributed by atoms with Crippen LogP contribution in [0.3, 0.4) is 0 Å². The van der Waals surface area contributed by atoms with Crippen LogP contribution in [-0.2, 0) is 6.54 Å². The van der Waals surface area contributed by atoms with Crippen molar-refractivity contribution in [2.45, 2.75) is 19.4 Å². The highest BCUT2D eigenvalue weighted by Gasteiger charge is 2.15. The lowest BCUT2D eigenvalue weighted by molar-refractivity contribution is 0.0949. The Morgan fingerprint density at radius 1 is 1.22 bits per heavy atom. The molecule has 0 saturated carbocycles. The van der Waals surface area contributed by atoms with Crippen LogP contribution in [-0.4, -0.2) is 29.0 Å². The predicted molar refractivity (Wildman–Crippen MR) is 102 cm³/mol. The summed E-state index contributed by atoms with van der Waals surface area (Å²) in [6.07, 6.45) is 5.64. The van der Waals surface area contributed by atoms with Crippen molar-refractivity contribution in [2.75, 3.05) is 18.0 Å². The lowest BCUT2D eigenvalue weighted by atomic mass is 10.2. The quantitative estimate of drug-likeness (QED) is 0.726. The summed E-state index contributed by atoms with van der Waals surface area (Å²) in [5.74, 6) is 1.06. The molecular formula is C20H20N4O3. The molecule has 0 spiro atoms. The molecule has 0 aliphatic carbocycles. The van der Waals surface area contributed by atoms with Crippen LogP contribution in [0.15, 0.2) is 58.1 Å². The van der Waals surface area contributed by atoms with E-state index in [2.05, 4.69) is 20.2 Å². The molecule has 4 rings (SSSR count). The van der Waals surface area contributed by atoms with Crippen LogP contribution in [0.4, 0.5) is 5.82 Å². The molecular weight excluding hydrogens is 344 g/mol. The van der Waals surface area contributed by atoms with Gasteiger partial charge in [0, 0.05) is 25.8 Å². The Morgan fingerprint density at radius 2 is 2.07 bits per heavy atom. The molecule has 3 aromatic rings. The number of nitrogens with zero attached hydrogens (tertiary/aromatic N) is 2. The number of nitrogens with one attached hydrogen (secondary N) is 2. The minimum absolute atomic E-state index is 0.0686. The molecule has 0 unspecified atom stereocenters. The van der Waals surface area contributed by atoms with Gasteiger partial charge in [-0.2, -0.15) is 0 Å². The van der Waals surface area contributed by atoms with Crippen molar-refractivity contribution in [3.8, 4) is 11.5 Å². The number of pyridine rings is 2. The second-order valence-corrected chi connectivity index (χ2v) is 6.49. The van der Waals surface area contributed by atoms with Crippen LogP contribution in [0.5, 0.6) is 0 Å². The first-order chi connectivity index (χ1) is 13.2. The molecule has 4 heterocycles. The molecule has 7 nitrogen and oxygen atoms in total. The third-order valence-corrected chi connectivity index (χ3v) is 4.63. The molecule has 0 radical (unpaired) electrons. The van der Waals surface area contributed by atoms with Crippen molar-refractivity contribution in [3.05, 3.63) is 70.3 Å². The maximum Gasteiger partial charge on any atom is 0.261 e. The van der Waals surface area contributed by atoms with E-state index in [1.54, 1.807) is 24.4 Å². The van der Waals surface area contributed by atoms with Crippen LogP contribution < -0.4 is 15.8 Å². The predicted octanol–water partition coefficient (Wildman–Crippen LogP) is 2.56. The molecule has 0 aromatic carbocycles. The maximum absolute atomic E-state index is 12.4. The number of H-pyrrole nitrogens is 1. The number of carbonyl (C=O) groups excluding carboxylic acids is 1. The van der Waals surface area contributed by atoms with Gasteiger partial charge >= 0.3 is 0 Å². The zero-order chi connectivity index (χ0) is 18.6. The number of aromatic amines is 1. The van der Waals surface area contributed by atoms with Gasteiger partial charge < -0.3 is 19.6 Å². The third-order valence-electron chi connectivity index (χ3n) is 4.63. The molecule has 27 heavy (non-hydrogen) atoms. The average Bonchev–Trinajstić information content (AvgIpc) is 3.40. The summed E-state index contributed by atoms with van der Waals surface area (Å²) in [7, 11) is 0. The molecule has 1 amide bonds. The monoisotopic (exact) mass is 364 g/mol. The first kappa shape index (κ1) is 17.1. The largest absolute Gasteiger partial charge is 0.463 e. The highest BCUT2D eigenvalue weighted by molar-refractivity contribution is 5.94. The van der Waals surface area contributed by atoms with Crippen molar-refractivity contribution >= 4 is 11.7 Å². The highest BCUT2D eigenvalue weighted by Crippen LogP contribution is 2.18. The van der Waals surface area contributed by atoms with Gasteiger partial charge in [-0.25, -0.2) is 4.98 Å². The molecule has 1 fully saturated rings. The molecule has 1 aliphatic rings. The number of amides is 1. The van der Waals surface area contributed by atoms with Crippen LogP contribution in [0.25, 0.3) is 11.5 Å². The van der Waals surface area contributed by atoms with Crippen molar-refractivity contribution < 1.29 is 9.21 Å². The number of anilines is 1. The summed E-state index contributed by atoms with van der Waals surface area (Å²) in [6.45, 7) is 2.36. The standard InChI is InChI=1S/C20H20N4O3/c25-19(15-5-6-16(23-20(15)26)17-4-3-11-27-17)22-13-14-7-8-21-18(12-14)24-9-1-2-10-24/h3-8,11-12H,1-2,9-10,13H2,(H,22,25)(H,23,26). The van der Waals surface area contributed by atoms with Gasteiger partial charge in [-0.05, 0) is 54.8 Å². The van der Waals surface area contributed by atoms with Gasteiger partial charge in [0.05, 0.1) is 12.0 Å². The Balaban J connectivity index is 1.44. The van der Waals surface area contributed by atoms with E-state index in [9.17, 15) is 9.59 Å². The number of aromatic nitrogens is 2. The Hall–Kier alpha value is -3.35. The molecule has 2 N–H and O–H groups in total. The van der Waals surface area contributed by atoms with Crippen LogP contribution in [0, 0.1) is 0 Å². The van der Waals surface area contributed by atoms with E-state index >= 15 is 0 Å². The van der Waals surface area contributed by atoms with Gasteiger partial charge in [-0.15, -0.1) is 0 Å². The van der Waals surface area contributed by atoms with E-state index < -0.39 is 11.5 Å². The summed E-state index contributed by atoms with van der Waals surface area (Å²) in [5.41, 5.74) is 1.10. The summed E-state index contributed by atoms with van der Waals surface area (Å²) in [6, 6.07) is 10.5. The summed E-state index contributed by atoms with van der Waals surface area (Å²) in [4.78, 5) is 34.0. The molecule has 0 bridgehead atoms. The fourth-order valence-electron chi connectivity index (χ4n) is 3.20. The fourth-order valence-corrected chi connectivity index (χ4v) is 3.20. The molecule has 138 valence electrons.